The molecule has 4 heteroatoms. The van der Waals surface area contributed by atoms with Crippen LogP contribution in [0.5, 0.6) is 0 Å². The van der Waals surface area contributed by atoms with Gasteiger partial charge in [-0.2, -0.15) is 0 Å². The fourth-order valence-electron chi connectivity index (χ4n) is 2.15. The van der Waals surface area contributed by atoms with Crippen molar-refractivity contribution >= 4 is 44.5 Å². The van der Waals surface area contributed by atoms with Gasteiger partial charge in [-0.15, -0.1) is 34.4 Å². The maximum Gasteiger partial charge on any atom is 0.0928 e. The zero-order valence-electron chi connectivity index (χ0n) is 11.5. The van der Waals surface area contributed by atoms with Gasteiger partial charge in [0.2, 0.25) is 0 Å². The maximum atomic E-state index is 4.69. The van der Waals surface area contributed by atoms with Gasteiger partial charge in [-0.1, -0.05) is 13.0 Å². The van der Waals surface area contributed by atoms with Crippen LogP contribution in [-0.4, -0.2) is 10.7 Å². The molecule has 2 heterocycles. The normalized spacial score (nSPS) is 11.2. The molecule has 0 radical (unpaired) electrons. The Morgan fingerprint density at radius 2 is 2.10 bits per heavy atom. The Labute approximate surface area is 132 Å². The van der Waals surface area contributed by atoms with Gasteiger partial charge >= 0.3 is 0 Å². The van der Waals surface area contributed by atoms with Crippen LogP contribution in [0.3, 0.4) is 0 Å². The summed E-state index contributed by atoms with van der Waals surface area (Å²) in [6.07, 6.45) is 3.36. The Bertz CT molecular complexity index is 684. The number of aromatic nitrogens is 1. The number of benzene rings is 1. The Hall–Kier alpha value is -0.840. The van der Waals surface area contributed by atoms with E-state index < -0.39 is 0 Å². The van der Waals surface area contributed by atoms with Crippen molar-refractivity contribution in [3.63, 3.8) is 0 Å². The van der Waals surface area contributed by atoms with Crippen molar-refractivity contribution in [3.05, 3.63) is 45.7 Å². The van der Waals surface area contributed by atoms with Crippen LogP contribution in [0.2, 0.25) is 0 Å². The first-order chi connectivity index (χ1) is 9.86. The lowest BCUT2D eigenvalue weighted by molar-refractivity contribution is 0.895. The summed E-state index contributed by atoms with van der Waals surface area (Å²) in [6.45, 7) is 2.21. The second-order valence-electron chi connectivity index (χ2n) is 4.67. The van der Waals surface area contributed by atoms with Crippen LogP contribution >= 0.6 is 34.4 Å². The SMILES string of the molecule is CCCc1nc(CCSc2cccc3sccc23)cs1. The highest BCUT2D eigenvalue weighted by atomic mass is 32.2. The molecule has 3 aromatic rings. The number of fused-ring (bicyclic) bond motifs is 1. The molecular formula is C16H17NS3. The van der Waals surface area contributed by atoms with Gasteiger partial charge in [-0.05, 0) is 42.8 Å². The smallest absolute Gasteiger partial charge is 0.0928 e. The highest BCUT2D eigenvalue weighted by Crippen LogP contribution is 2.31. The molecule has 0 unspecified atom stereocenters. The van der Waals surface area contributed by atoms with Crippen LogP contribution in [0.1, 0.15) is 24.0 Å². The molecular weight excluding hydrogens is 302 g/mol. The van der Waals surface area contributed by atoms with Gasteiger partial charge in [-0.3, -0.25) is 0 Å². The van der Waals surface area contributed by atoms with Crippen molar-refractivity contribution in [2.24, 2.45) is 0 Å². The third-order valence-corrected chi connectivity index (χ3v) is 6.05. The van der Waals surface area contributed by atoms with E-state index in [2.05, 4.69) is 41.9 Å². The molecule has 0 bridgehead atoms. The summed E-state index contributed by atoms with van der Waals surface area (Å²) in [7, 11) is 0. The molecule has 20 heavy (non-hydrogen) atoms. The molecule has 0 saturated carbocycles. The minimum atomic E-state index is 1.06. The molecule has 1 nitrogen and oxygen atoms in total. The fraction of sp³-hybridized carbons (Fsp3) is 0.312. The van der Waals surface area contributed by atoms with E-state index in [9.17, 15) is 0 Å². The van der Waals surface area contributed by atoms with Crippen LogP contribution in [0.15, 0.2) is 39.9 Å². The Balaban J connectivity index is 1.60. The number of thiophene rings is 1. The van der Waals surface area contributed by atoms with Gasteiger partial charge in [-0.25, -0.2) is 4.98 Å². The molecule has 3 rings (SSSR count). The topological polar surface area (TPSA) is 12.9 Å². The van der Waals surface area contributed by atoms with E-state index in [0.717, 1.165) is 18.6 Å². The van der Waals surface area contributed by atoms with Crippen LogP contribution in [0, 0.1) is 0 Å². The summed E-state index contributed by atoms with van der Waals surface area (Å²) in [5, 5.41) is 7.07. The van der Waals surface area contributed by atoms with Crippen molar-refractivity contribution in [1.29, 1.82) is 0 Å². The van der Waals surface area contributed by atoms with E-state index >= 15 is 0 Å². The minimum absolute atomic E-state index is 1.06. The second kappa shape index (κ2) is 6.74. The molecule has 0 amide bonds. The minimum Gasteiger partial charge on any atom is -0.246 e. The van der Waals surface area contributed by atoms with Crippen LogP contribution in [0.25, 0.3) is 10.1 Å². The largest absolute Gasteiger partial charge is 0.246 e. The predicted octanol–water partition coefficient (Wildman–Crippen LogP) is 5.65. The monoisotopic (exact) mass is 319 g/mol. The molecule has 0 spiro atoms. The third-order valence-electron chi connectivity index (χ3n) is 3.13. The van der Waals surface area contributed by atoms with Crippen LogP contribution in [0.4, 0.5) is 0 Å². The average Bonchev–Trinajstić information content (AvgIpc) is 3.08. The number of aryl methyl sites for hydroxylation is 2. The summed E-state index contributed by atoms with van der Waals surface area (Å²) in [4.78, 5) is 6.09. The number of nitrogens with zero attached hydrogens (tertiary/aromatic N) is 1. The first-order valence-electron chi connectivity index (χ1n) is 6.89. The zero-order valence-corrected chi connectivity index (χ0v) is 13.9. The molecule has 0 fully saturated rings. The maximum absolute atomic E-state index is 4.69. The molecule has 0 aliphatic heterocycles. The molecule has 0 aliphatic carbocycles. The molecule has 0 N–H and O–H groups in total. The van der Waals surface area contributed by atoms with E-state index in [-0.39, 0.29) is 0 Å². The second-order valence-corrected chi connectivity index (χ2v) is 7.70. The summed E-state index contributed by atoms with van der Waals surface area (Å²) in [5.41, 5.74) is 1.25. The highest BCUT2D eigenvalue weighted by Gasteiger charge is 2.04. The summed E-state index contributed by atoms with van der Waals surface area (Å²) in [5.74, 6) is 1.10. The van der Waals surface area contributed by atoms with Gasteiger partial charge in [0, 0.05) is 26.1 Å². The molecule has 1 aromatic carbocycles. The average molecular weight is 320 g/mol. The van der Waals surface area contributed by atoms with Gasteiger partial charge in [0.25, 0.3) is 0 Å². The van der Waals surface area contributed by atoms with Crippen LogP contribution in [-0.2, 0) is 12.8 Å². The first kappa shape index (κ1) is 14.1. The van der Waals surface area contributed by atoms with Gasteiger partial charge in [0.05, 0.1) is 10.7 Å². The quantitative estimate of drug-likeness (QED) is 0.545. The lowest BCUT2D eigenvalue weighted by Crippen LogP contribution is -1.90. The van der Waals surface area contributed by atoms with E-state index in [1.807, 2.05) is 23.1 Å². The Kier molecular flexibility index (Phi) is 4.76. The van der Waals surface area contributed by atoms with Gasteiger partial charge in [0.15, 0.2) is 0 Å². The summed E-state index contributed by atoms with van der Waals surface area (Å²) < 4.78 is 1.38. The summed E-state index contributed by atoms with van der Waals surface area (Å²) >= 11 is 5.56. The van der Waals surface area contributed by atoms with Crippen molar-refractivity contribution in [2.45, 2.75) is 31.1 Å². The molecule has 2 aromatic heterocycles. The van der Waals surface area contributed by atoms with E-state index in [0.29, 0.717) is 0 Å². The fourth-order valence-corrected chi connectivity index (χ4v) is 5.00. The van der Waals surface area contributed by atoms with E-state index in [1.165, 1.54) is 32.1 Å². The Morgan fingerprint density at radius 3 is 3.00 bits per heavy atom. The zero-order chi connectivity index (χ0) is 13.8. The number of thioether (sulfide) groups is 1. The van der Waals surface area contributed by atoms with E-state index in [4.69, 9.17) is 4.98 Å². The van der Waals surface area contributed by atoms with Crippen molar-refractivity contribution in [2.75, 3.05) is 5.75 Å². The van der Waals surface area contributed by atoms with Gasteiger partial charge < -0.3 is 0 Å². The molecule has 104 valence electrons. The van der Waals surface area contributed by atoms with Crippen molar-refractivity contribution < 1.29 is 0 Å². The number of thiazole rings is 1. The number of hydrogen-bond donors (Lipinski definition) is 0. The van der Waals surface area contributed by atoms with Crippen molar-refractivity contribution in [3.8, 4) is 0 Å². The lowest BCUT2D eigenvalue weighted by Gasteiger charge is -2.02. The Morgan fingerprint density at radius 1 is 1.15 bits per heavy atom. The molecule has 0 atom stereocenters. The lowest BCUT2D eigenvalue weighted by atomic mass is 10.3. The summed E-state index contributed by atoms with van der Waals surface area (Å²) in [6, 6.07) is 8.80. The highest BCUT2D eigenvalue weighted by molar-refractivity contribution is 7.99. The molecule has 0 saturated heterocycles. The van der Waals surface area contributed by atoms with Crippen LogP contribution < -0.4 is 0 Å². The number of hydrogen-bond acceptors (Lipinski definition) is 4. The standard InChI is InChI=1S/C16H17NS3/c1-2-4-16-17-12(11-20-16)7-9-18-14-5-3-6-15-13(14)8-10-19-15/h3,5-6,8,10-11H,2,4,7,9H2,1H3. The first-order valence-corrected chi connectivity index (χ1v) is 9.63. The predicted molar refractivity (Wildman–Crippen MR) is 92.4 cm³/mol. The number of rotatable bonds is 6. The van der Waals surface area contributed by atoms with E-state index in [1.54, 1.807) is 11.3 Å². The van der Waals surface area contributed by atoms with Gasteiger partial charge in [0.1, 0.15) is 0 Å². The van der Waals surface area contributed by atoms with Crippen molar-refractivity contribution in [1.82, 2.24) is 4.98 Å². The third kappa shape index (κ3) is 3.25. The molecule has 0 aliphatic rings.